The van der Waals surface area contributed by atoms with Gasteiger partial charge in [-0.15, -0.1) is 0 Å². The molecule has 1 N–H and O–H groups in total. The molecule has 0 aliphatic carbocycles. The zero-order valence-corrected chi connectivity index (χ0v) is 15.4. The fraction of sp³-hybridized carbons (Fsp3) is 0.316. The molecule has 0 aromatic heterocycles. The predicted octanol–water partition coefficient (Wildman–Crippen LogP) is 3.15. The van der Waals surface area contributed by atoms with Crippen LogP contribution in [0.4, 0.5) is 0 Å². The first-order chi connectivity index (χ1) is 12.0. The molecule has 0 bridgehead atoms. The monoisotopic (exact) mass is 362 g/mol. The molecule has 0 aliphatic heterocycles. The van der Waals surface area contributed by atoms with Gasteiger partial charge in [-0.2, -0.15) is 0 Å². The van der Waals surface area contributed by atoms with Crippen molar-refractivity contribution in [1.82, 2.24) is 10.2 Å². The van der Waals surface area contributed by atoms with Crippen LogP contribution in [0.15, 0.2) is 48.5 Å². The highest BCUT2D eigenvalue weighted by Crippen LogP contribution is 2.23. The lowest BCUT2D eigenvalue weighted by molar-refractivity contribution is -0.123. The second-order valence-corrected chi connectivity index (χ2v) is 6.18. The molecular formula is C19H23ClN2O3. The molecule has 134 valence electrons. The van der Waals surface area contributed by atoms with Gasteiger partial charge in [-0.3, -0.25) is 4.79 Å². The van der Waals surface area contributed by atoms with Gasteiger partial charge in [-0.1, -0.05) is 35.9 Å². The Hall–Kier alpha value is -2.24. The Morgan fingerprint density at radius 3 is 2.44 bits per heavy atom. The van der Waals surface area contributed by atoms with E-state index in [4.69, 9.17) is 21.1 Å². The molecule has 1 amide bonds. The molecule has 0 saturated heterocycles. The number of rotatable bonds is 8. The van der Waals surface area contributed by atoms with E-state index >= 15 is 0 Å². The number of amides is 1. The number of likely N-dealkylation sites (N-methyl/N-ethyl adjacent to an activating group) is 1. The largest absolute Gasteiger partial charge is 0.497 e. The number of halogens is 1. The number of methoxy groups -OCH3 is 1. The summed E-state index contributed by atoms with van der Waals surface area (Å²) in [5, 5.41) is 3.39. The maximum absolute atomic E-state index is 12.1. The van der Waals surface area contributed by atoms with Crippen LogP contribution in [0.25, 0.3) is 0 Å². The van der Waals surface area contributed by atoms with Gasteiger partial charge in [-0.05, 0) is 43.9 Å². The molecule has 6 heteroatoms. The summed E-state index contributed by atoms with van der Waals surface area (Å²) in [6, 6.07) is 14.9. The number of benzene rings is 2. The van der Waals surface area contributed by atoms with Gasteiger partial charge in [0.1, 0.15) is 11.5 Å². The van der Waals surface area contributed by atoms with Gasteiger partial charge in [0.15, 0.2) is 6.61 Å². The smallest absolute Gasteiger partial charge is 0.258 e. The Balaban J connectivity index is 1.89. The van der Waals surface area contributed by atoms with Crippen molar-refractivity contribution in [2.24, 2.45) is 0 Å². The van der Waals surface area contributed by atoms with Crippen LogP contribution in [0.3, 0.4) is 0 Å². The summed E-state index contributed by atoms with van der Waals surface area (Å²) in [5.74, 6) is 1.11. The first-order valence-corrected chi connectivity index (χ1v) is 8.33. The third kappa shape index (κ3) is 5.66. The molecule has 0 saturated carbocycles. The van der Waals surface area contributed by atoms with Gasteiger partial charge in [0.05, 0.1) is 18.2 Å². The summed E-state index contributed by atoms with van der Waals surface area (Å²) in [7, 11) is 5.58. The normalized spacial score (nSPS) is 11.9. The molecule has 1 atom stereocenters. The molecule has 2 aromatic carbocycles. The topological polar surface area (TPSA) is 50.8 Å². The summed E-state index contributed by atoms with van der Waals surface area (Å²) in [4.78, 5) is 14.1. The van der Waals surface area contributed by atoms with E-state index in [0.29, 0.717) is 17.3 Å². The highest BCUT2D eigenvalue weighted by molar-refractivity contribution is 6.32. The minimum absolute atomic E-state index is 0.0511. The van der Waals surface area contributed by atoms with E-state index in [1.807, 2.05) is 50.5 Å². The Bertz CT molecular complexity index is 689. The number of nitrogens with zero attached hydrogens (tertiary/aromatic N) is 1. The fourth-order valence-corrected chi connectivity index (χ4v) is 2.58. The summed E-state index contributed by atoms with van der Waals surface area (Å²) >= 11 is 6.01. The molecule has 2 aromatic rings. The van der Waals surface area contributed by atoms with E-state index in [-0.39, 0.29) is 18.6 Å². The van der Waals surface area contributed by atoms with Crippen molar-refractivity contribution >= 4 is 17.5 Å². The van der Waals surface area contributed by atoms with Gasteiger partial charge in [0.25, 0.3) is 5.91 Å². The number of hydrogen-bond acceptors (Lipinski definition) is 4. The zero-order chi connectivity index (χ0) is 18.2. The van der Waals surface area contributed by atoms with Gasteiger partial charge in [0, 0.05) is 6.54 Å². The average molecular weight is 363 g/mol. The van der Waals surface area contributed by atoms with Crippen LogP contribution in [0.5, 0.6) is 11.5 Å². The van der Waals surface area contributed by atoms with Crippen molar-refractivity contribution in [1.29, 1.82) is 0 Å². The first-order valence-electron chi connectivity index (χ1n) is 7.95. The molecular weight excluding hydrogens is 340 g/mol. The zero-order valence-electron chi connectivity index (χ0n) is 14.7. The second-order valence-electron chi connectivity index (χ2n) is 5.78. The number of carbonyl (C=O) groups is 1. The number of carbonyl (C=O) groups excluding carboxylic acids is 1. The van der Waals surface area contributed by atoms with Crippen molar-refractivity contribution in [2.75, 3.05) is 34.4 Å². The van der Waals surface area contributed by atoms with E-state index in [0.717, 1.165) is 11.3 Å². The molecule has 0 unspecified atom stereocenters. The van der Waals surface area contributed by atoms with Crippen LogP contribution in [-0.4, -0.2) is 45.2 Å². The minimum atomic E-state index is -0.194. The highest BCUT2D eigenvalue weighted by Gasteiger charge is 2.16. The van der Waals surface area contributed by atoms with Crippen LogP contribution in [0.2, 0.25) is 5.02 Å². The lowest BCUT2D eigenvalue weighted by Gasteiger charge is -2.25. The maximum Gasteiger partial charge on any atom is 0.258 e. The van der Waals surface area contributed by atoms with Crippen molar-refractivity contribution in [2.45, 2.75) is 6.04 Å². The molecule has 5 nitrogen and oxygen atoms in total. The van der Waals surface area contributed by atoms with Crippen LogP contribution in [0.1, 0.15) is 11.6 Å². The average Bonchev–Trinajstić information content (AvgIpc) is 2.61. The summed E-state index contributed by atoms with van der Waals surface area (Å²) in [5.41, 5.74) is 1.10. The van der Waals surface area contributed by atoms with Crippen LogP contribution in [0, 0.1) is 0 Å². The molecule has 0 aliphatic rings. The van der Waals surface area contributed by atoms with Gasteiger partial charge in [0.2, 0.25) is 0 Å². The van der Waals surface area contributed by atoms with E-state index in [2.05, 4.69) is 10.2 Å². The van der Waals surface area contributed by atoms with Crippen molar-refractivity contribution in [3.05, 3.63) is 59.1 Å². The lowest BCUT2D eigenvalue weighted by atomic mass is 10.1. The van der Waals surface area contributed by atoms with E-state index < -0.39 is 0 Å². The Kier molecular flexibility index (Phi) is 7.10. The number of para-hydroxylation sites is 1. The molecule has 0 radical (unpaired) electrons. The second kappa shape index (κ2) is 9.30. The third-order valence-electron chi connectivity index (χ3n) is 3.81. The van der Waals surface area contributed by atoms with Gasteiger partial charge < -0.3 is 19.7 Å². The van der Waals surface area contributed by atoms with Gasteiger partial charge in [-0.25, -0.2) is 0 Å². The van der Waals surface area contributed by atoms with E-state index in [1.165, 1.54) is 0 Å². The number of hydrogen-bond donors (Lipinski definition) is 1. The van der Waals surface area contributed by atoms with Crippen LogP contribution < -0.4 is 14.8 Å². The molecule has 0 fully saturated rings. The Morgan fingerprint density at radius 1 is 1.16 bits per heavy atom. The molecule has 2 rings (SSSR count). The molecule has 0 heterocycles. The van der Waals surface area contributed by atoms with Crippen LogP contribution >= 0.6 is 11.6 Å². The molecule has 0 spiro atoms. The summed E-state index contributed by atoms with van der Waals surface area (Å²) in [6.07, 6.45) is 0. The molecule has 25 heavy (non-hydrogen) atoms. The number of ether oxygens (including phenoxy) is 2. The third-order valence-corrected chi connectivity index (χ3v) is 4.12. The minimum Gasteiger partial charge on any atom is -0.497 e. The standard InChI is InChI=1S/C19H23ClN2O3/c1-22(2)17(14-8-10-15(24-3)11-9-14)12-21-19(23)13-25-18-7-5-4-6-16(18)20/h4-11,17H,12-13H2,1-3H3,(H,21,23)/t17-/m0/s1. The number of nitrogens with one attached hydrogen (secondary N) is 1. The SMILES string of the molecule is COc1ccc([C@H](CNC(=O)COc2ccccc2Cl)N(C)C)cc1. The van der Waals surface area contributed by atoms with Crippen LogP contribution in [-0.2, 0) is 4.79 Å². The lowest BCUT2D eigenvalue weighted by Crippen LogP contribution is -2.36. The summed E-state index contributed by atoms with van der Waals surface area (Å²) < 4.78 is 10.6. The van der Waals surface area contributed by atoms with Gasteiger partial charge >= 0.3 is 0 Å². The quantitative estimate of drug-likeness (QED) is 0.783. The highest BCUT2D eigenvalue weighted by atomic mass is 35.5. The van der Waals surface area contributed by atoms with E-state index in [9.17, 15) is 4.79 Å². The first kappa shape index (κ1) is 19.1. The van der Waals surface area contributed by atoms with Crippen molar-refractivity contribution in [3.63, 3.8) is 0 Å². The van der Waals surface area contributed by atoms with Crippen molar-refractivity contribution < 1.29 is 14.3 Å². The maximum atomic E-state index is 12.1. The summed E-state index contributed by atoms with van der Waals surface area (Å²) in [6.45, 7) is 0.399. The predicted molar refractivity (Wildman–Crippen MR) is 99.4 cm³/mol. The van der Waals surface area contributed by atoms with E-state index in [1.54, 1.807) is 19.2 Å². The van der Waals surface area contributed by atoms with Crippen molar-refractivity contribution in [3.8, 4) is 11.5 Å². The Labute approximate surface area is 153 Å². The Morgan fingerprint density at radius 2 is 1.84 bits per heavy atom. The fourth-order valence-electron chi connectivity index (χ4n) is 2.39.